The van der Waals surface area contributed by atoms with Crippen molar-refractivity contribution >= 4 is 34.6 Å². The Morgan fingerprint density at radius 1 is 1.21 bits per heavy atom. The maximum absolute atomic E-state index is 12.9. The first kappa shape index (κ1) is 19.7. The van der Waals surface area contributed by atoms with Crippen LogP contribution in [0.15, 0.2) is 57.0 Å². The van der Waals surface area contributed by atoms with E-state index in [0.717, 1.165) is 11.8 Å². The van der Waals surface area contributed by atoms with Gasteiger partial charge in [0.15, 0.2) is 5.16 Å². The van der Waals surface area contributed by atoms with Crippen molar-refractivity contribution in [3.8, 4) is 0 Å². The van der Waals surface area contributed by atoms with Crippen molar-refractivity contribution in [1.29, 1.82) is 0 Å². The lowest BCUT2D eigenvalue weighted by Crippen LogP contribution is -2.43. The second-order valence-electron chi connectivity index (χ2n) is 6.35. The van der Waals surface area contributed by atoms with E-state index in [1.54, 1.807) is 50.2 Å². The van der Waals surface area contributed by atoms with E-state index in [0.29, 0.717) is 21.8 Å². The van der Waals surface area contributed by atoms with Crippen LogP contribution in [0.1, 0.15) is 19.6 Å². The topological polar surface area (TPSA) is 106 Å². The van der Waals surface area contributed by atoms with Gasteiger partial charge in [-0.3, -0.25) is 19.5 Å². The van der Waals surface area contributed by atoms with E-state index in [2.05, 4.69) is 15.6 Å². The fourth-order valence-corrected chi connectivity index (χ4v) is 3.35. The van der Waals surface area contributed by atoms with Gasteiger partial charge in [0, 0.05) is 6.04 Å². The molecule has 28 heavy (non-hydrogen) atoms. The molecule has 2 N–H and O–H groups in total. The van der Waals surface area contributed by atoms with Crippen molar-refractivity contribution in [2.24, 2.45) is 0 Å². The number of benzene rings is 1. The largest absolute Gasteiger partial charge is 0.467 e. The standard InChI is InChI=1S/C19H20N4O4S/c1-12(2)20-18(26)22-16(24)11-28-19-21-15-8-4-3-7-14(15)17(25)23(19)10-13-6-5-9-27-13/h3-9,12H,10-11H2,1-2H3,(H2,20,22,24,26). The van der Waals surface area contributed by atoms with E-state index >= 15 is 0 Å². The third-order valence-corrected chi connectivity index (χ3v) is 4.70. The van der Waals surface area contributed by atoms with Crippen LogP contribution < -0.4 is 16.2 Å². The Bertz CT molecular complexity index is 1040. The SMILES string of the molecule is CC(C)NC(=O)NC(=O)CSc1nc2ccccc2c(=O)n1Cc1ccco1. The summed E-state index contributed by atoms with van der Waals surface area (Å²) >= 11 is 1.09. The van der Waals surface area contributed by atoms with E-state index in [4.69, 9.17) is 4.42 Å². The molecule has 0 saturated carbocycles. The third-order valence-electron chi connectivity index (χ3n) is 3.73. The molecule has 0 bridgehead atoms. The van der Waals surface area contributed by atoms with E-state index < -0.39 is 11.9 Å². The molecule has 1 aromatic carbocycles. The molecule has 0 aliphatic heterocycles. The lowest BCUT2D eigenvalue weighted by molar-refractivity contribution is -0.117. The van der Waals surface area contributed by atoms with Crippen LogP contribution in [0.2, 0.25) is 0 Å². The van der Waals surface area contributed by atoms with Gasteiger partial charge in [0.05, 0.1) is 29.5 Å². The first-order chi connectivity index (χ1) is 13.4. The van der Waals surface area contributed by atoms with Crippen LogP contribution in [0.4, 0.5) is 4.79 Å². The minimum absolute atomic E-state index is 0.0611. The molecule has 0 aliphatic carbocycles. The van der Waals surface area contributed by atoms with Crippen molar-refractivity contribution < 1.29 is 14.0 Å². The average Bonchev–Trinajstić information content (AvgIpc) is 3.15. The molecule has 0 unspecified atom stereocenters. The number of urea groups is 1. The molecule has 0 fully saturated rings. The predicted octanol–water partition coefficient (Wildman–Crippen LogP) is 2.36. The average molecular weight is 400 g/mol. The smallest absolute Gasteiger partial charge is 0.321 e. The molecule has 2 heterocycles. The third kappa shape index (κ3) is 4.80. The van der Waals surface area contributed by atoms with Gasteiger partial charge in [-0.25, -0.2) is 9.78 Å². The summed E-state index contributed by atoms with van der Waals surface area (Å²) in [6.45, 7) is 3.79. The Labute approximate surface area is 165 Å². The maximum Gasteiger partial charge on any atom is 0.321 e. The highest BCUT2D eigenvalue weighted by molar-refractivity contribution is 7.99. The summed E-state index contributed by atoms with van der Waals surface area (Å²) < 4.78 is 6.81. The number of carbonyl (C=O) groups is 2. The van der Waals surface area contributed by atoms with Gasteiger partial charge in [0.25, 0.3) is 5.56 Å². The Morgan fingerprint density at radius 3 is 2.71 bits per heavy atom. The van der Waals surface area contributed by atoms with Crippen LogP contribution >= 0.6 is 11.8 Å². The summed E-state index contributed by atoms with van der Waals surface area (Å²) in [5, 5.41) is 5.70. The fraction of sp³-hybridized carbons (Fsp3) is 0.263. The molecule has 3 aromatic rings. The van der Waals surface area contributed by atoms with Gasteiger partial charge < -0.3 is 9.73 Å². The van der Waals surface area contributed by atoms with Crippen molar-refractivity contribution in [2.75, 3.05) is 5.75 Å². The number of rotatable bonds is 6. The number of hydrogen-bond donors (Lipinski definition) is 2. The quantitative estimate of drug-likeness (QED) is 0.486. The molecule has 146 valence electrons. The van der Waals surface area contributed by atoms with Gasteiger partial charge in [-0.2, -0.15) is 0 Å². The molecule has 0 spiro atoms. The van der Waals surface area contributed by atoms with Gasteiger partial charge >= 0.3 is 6.03 Å². The van der Waals surface area contributed by atoms with Gasteiger partial charge in [-0.15, -0.1) is 0 Å². The molecule has 3 amide bonds. The number of nitrogens with one attached hydrogen (secondary N) is 2. The highest BCUT2D eigenvalue weighted by Gasteiger charge is 2.15. The number of imide groups is 1. The van der Waals surface area contributed by atoms with E-state index in [1.165, 1.54) is 10.8 Å². The number of thioether (sulfide) groups is 1. The maximum atomic E-state index is 12.9. The van der Waals surface area contributed by atoms with Crippen LogP contribution in [0.25, 0.3) is 10.9 Å². The number of nitrogens with zero attached hydrogens (tertiary/aromatic N) is 2. The number of amides is 3. The normalized spacial score (nSPS) is 11.0. The minimum atomic E-state index is -0.556. The van der Waals surface area contributed by atoms with Gasteiger partial charge in [-0.1, -0.05) is 23.9 Å². The van der Waals surface area contributed by atoms with Crippen molar-refractivity contribution in [3.05, 3.63) is 58.8 Å². The molecule has 2 aromatic heterocycles. The summed E-state index contributed by atoms with van der Waals surface area (Å²) in [6.07, 6.45) is 1.53. The van der Waals surface area contributed by atoms with Crippen LogP contribution in [0, 0.1) is 0 Å². The first-order valence-electron chi connectivity index (χ1n) is 8.69. The van der Waals surface area contributed by atoms with Crippen molar-refractivity contribution in [3.63, 3.8) is 0 Å². The molecule has 8 nitrogen and oxygen atoms in total. The second kappa shape index (κ2) is 8.75. The summed E-state index contributed by atoms with van der Waals surface area (Å²) in [7, 11) is 0. The first-order valence-corrected chi connectivity index (χ1v) is 9.67. The Hall–Kier alpha value is -3.07. The van der Waals surface area contributed by atoms with Gasteiger partial charge in [-0.05, 0) is 38.1 Å². The van der Waals surface area contributed by atoms with Crippen molar-refractivity contribution in [1.82, 2.24) is 20.2 Å². The lowest BCUT2D eigenvalue weighted by atomic mass is 10.2. The number of hydrogen-bond acceptors (Lipinski definition) is 6. The molecule has 0 saturated heterocycles. The van der Waals surface area contributed by atoms with Crippen LogP contribution in [0.3, 0.4) is 0 Å². The highest BCUT2D eigenvalue weighted by atomic mass is 32.2. The zero-order chi connectivity index (χ0) is 20.1. The van der Waals surface area contributed by atoms with Crippen LogP contribution in [-0.2, 0) is 11.3 Å². The zero-order valence-electron chi connectivity index (χ0n) is 15.5. The Balaban J connectivity index is 1.83. The summed E-state index contributed by atoms with van der Waals surface area (Å²) in [5.41, 5.74) is 0.325. The molecular formula is C19H20N4O4S. The lowest BCUT2D eigenvalue weighted by Gasteiger charge is -2.12. The number of carbonyl (C=O) groups excluding carboxylic acids is 2. The number of fused-ring (bicyclic) bond motifs is 1. The van der Waals surface area contributed by atoms with Crippen LogP contribution in [0.5, 0.6) is 0 Å². The van der Waals surface area contributed by atoms with Gasteiger partial charge in [0.2, 0.25) is 5.91 Å². The fourth-order valence-electron chi connectivity index (χ4n) is 2.55. The van der Waals surface area contributed by atoms with E-state index in [1.807, 2.05) is 0 Å². The summed E-state index contributed by atoms with van der Waals surface area (Å²) in [6, 6.07) is 9.89. The van der Waals surface area contributed by atoms with Crippen LogP contribution in [-0.4, -0.2) is 33.3 Å². The summed E-state index contributed by atoms with van der Waals surface area (Å²) in [5.74, 6) is 0.0611. The molecule has 0 aliphatic rings. The number of para-hydroxylation sites is 1. The highest BCUT2D eigenvalue weighted by Crippen LogP contribution is 2.19. The Kier molecular flexibility index (Phi) is 6.15. The van der Waals surface area contributed by atoms with Crippen molar-refractivity contribution in [2.45, 2.75) is 31.6 Å². The zero-order valence-corrected chi connectivity index (χ0v) is 16.3. The van der Waals surface area contributed by atoms with E-state index in [9.17, 15) is 14.4 Å². The minimum Gasteiger partial charge on any atom is -0.467 e. The molecule has 3 rings (SSSR count). The monoisotopic (exact) mass is 400 g/mol. The molecule has 0 radical (unpaired) electrons. The molecule has 0 atom stereocenters. The second-order valence-corrected chi connectivity index (χ2v) is 7.29. The predicted molar refractivity (Wildman–Crippen MR) is 106 cm³/mol. The number of furan rings is 1. The summed E-state index contributed by atoms with van der Waals surface area (Å²) in [4.78, 5) is 41.1. The van der Waals surface area contributed by atoms with E-state index in [-0.39, 0.29) is 23.9 Å². The van der Waals surface area contributed by atoms with Gasteiger partial charge in [0.1, 0.15) is 5.76 Å². The molecular weight excluding hydrogens is 380 g/mol. The number of aromatic nitrogens is 2. The molecule has 9 heteroatoms. The Morgan fingerprint density at radius 2 is 2.00 bits per heavy atom.